The summed E-state index contributed by atoms with van der Waals surface area (Å²) in [6.07, 6.45) is 4.01. The van der Waals surface area contributed by atoms with Crippen LogP contribution < -0.4 is 5.32 Å². The molecule has 0 spiro atoms. The zero-order chi connectivity index (χ0) is 13.7. The number of carboxylic acids is 1. The smallest absolute Gasteiger partial charge is 0.305 e. The molecule has 1 aliphatic carbocycles. The zero-order valence-corrected chi connectivity index (χ0v) is 11.1. The molecule has 6 nitrogen and oxygen atoms in total. The Kier molecular flexibility index (Phi) is 5.15. The number of rotatable bonds is 7. The first-order valence-electron chi connectivity index (χ1n) is 7.00. The third-order valence-electron chi connectivity index (χ3n) is 3.60. The number of amides is 1. The Balaban J connectivity index is 1.73. The Bertz CT molecular complexity index is 325. The number of carboxylic acid groups (broad SMARTS) is 1. The van der Waals surface area contributed by atoms with E-state index in [0.717, 1.165) is 38.8 Å². The van der Waals surface area contributed by atoms with Gasteiger partial charge in [-0.05, 0) is 38.8 Å². The number of aliphatic carboxylic acids is 1. The summed E-state index contributed by atoms with van der Waals surface area (Å²) in [4.78, 5) is 24.3. The van der Waals surface area contributed by atoms with Crippen LogP contribution in [0.2, 0.25) is 0 Å². The molecule has 108 valence electrons. The Morgan fingerprint density at radius 2 is 1.89 bits per heavy atom. The molecule has 0 unspecified atom stereocenters. The molecule has 6 heteroatoms. The first kappa shape index (κ1) is 14.3. The summed E-state index contributed by atoms with van der Waals surface area (Å²) in [6.45, 7) is 2.25. The summed E-state index contributed by atoms with van der Waals surface area (Å²) < 4.78 is 5.63. The van der Waals surface area contributed by atoms with Crippen LogP contribution in [0.25, 0.3) is 0 Å². The maximum Gasteiger partial charge on any atom is 0.305 e. The fourth-order valence-corrected chi connectivity index (χ4v) is 2.35. The predicted molar refractivity (Wildman–Crippen MR) is 68.8 cm³/mol. The topological polar surface area (TPSA) is 78.9 Å². The van der Waals surface area contributed by atoms with E-state index in [2.05, 4.69) is 5.32 Å². The van der Waals surface area contributed by atoms with E-state index in [9.17, 15) is 9.59 Å². The minimum absolute atomic E-state index is 0.00951. The second-order valence-electron chi connectivity index (χ2n) is 5.22. The van der Waals surface area contributed by atoms with Crippen LogP contribution in [0.1, 0.15) is 32.1 Å². The van der Waals surface area contributed by atoms with Crippen molar-refractivity contribution < 1.29 is 19.4 Å². The highest BCUT2D eigenvalue weighted by Crippen LogP contribution is 2.27. The van der Waals surface area contributed by atoms with Crippen LogP contribution in [0.4, 0.5) is 0 Å². The van der Waals surface area contributed by atoms with Gasteiger partial charge in [0.05, 0.1) is 12.5 Å². The first-order valence-corrected chi connectivity index (χ1v) is 7.00. The van der Waals surface area contributed by atoms with Gasteiger partial charge in [0.1, 0.15) is 6.61 Å². The van der Waals surface area contributed by atoms with Crippen LogP contribution in [0.3, 0.4) is 0 Å². The lowest BCUT2D eigenvalue weighted by Crippen LogP contribution is -2.40. The maximum atomic E-state index is 12.1. The molecule has 2 N–H and O–H groups in total. The molecule has 0 aromatic carbocycles. The highest BCUT2D eigenvalue weighted by atomic mass is 16.5. The van der Waals surface area contributed by atoms with Crippen molar-refractivity contribution in [2.24, 2.45) is 0 Å². The van der Waals surface area contributed by atoms with Crippen LogP contribution in [-0.4, -0.2) is 60.3 Å². The van der Waals surface area contributed by atoms with Crippen LogP contribution in [0.5, 0.6) is 0 Å². The van der Waals surface area contributed by atoms with Gasteiger partial charge in [-0.15, -0.1) is 0 Å². The lowest BCUT2D eigenvalue weighted by molar-refractivity contribution is -0.141. The normalized spacial score (nSPS) is 20.2. The first-order chi connectivity index (χ1) is 9.16. The second-order valence-corrected chi connectivity index (χ2v) is 5.22. The van der Waals surface area contributed by atoms with Gasteiger partial charge in [0.15, 0.2) is 0 Å². The van der Waals surface area contributed by atoms with E-state index in [0.29, 0.717) is 6.54 Å². The summed E-state index contributed by atoms with van der Waals surface area (Å²) in [7, 11) is 0. The molecule has 2 rings (SSSR count). The minimum atomic E-state index is -0.863. The molecule has 19 heavy (non-hydrogen) atoms. The van der Waals surface area contributed by atoms with Crippen LogP contribution in [-0.2, 0) is 14.3 Å². The Hall–Kier alpha value is -1.14. The van der Waals surface area contributed by atoms with Crippen molar-refractivity contribution in [2.45, 2.75) is 44.2 Å². The van der Waals surface area contributed by atoms with Crippen LogP contribution >= 0.6 is 0 Å². The number of nitrogens with one attached hydrogen (secondary N) is 1. The molecular weight excluding hydrogens is 248 g/mol. The SMILES string of the molecule is O=C(O)CCN(C(=O)COC1CCNCC1)C1CC1. The van der Waals surface area contributed by atoms with Gasteiger partial charge in [-0.3, -0.25) is 9.59 Å². The number of hydrogen-bond donors (Lipinski definition) is 2. The molecule has 1 heterocycles. The van der Waals surface area contributed by atoms with Gasteiger partial charge in [0.25, 0.3) is 0 Å². The van der Waals surface area contributed by atoms with Gasteiger partial charge in [0, 0.05) is 12.6 Å². The molecule has 1 saturated carbocycles. The second kappa shape index (κ2) is 6.86. The summed E-state index contributed by atoms with van der Waals surface area (Å²) in [6, 6.07) is 0.239. The quantitative estimate of drug-likeness (QED) is 0.692. The van der Waals surface area contributed by atoms with E-state index in [4.69, 9.17) is 9.84 Å². The van der Waals surface area contributed by atoms with Crippen molar-refractivity contribution in [2.75, 3.05) is 26.2 Å². The highest BCUT2D eigenvalue weighted by Gasteiger charge is 2.32. The largest absolute Gasteiger partial charge is 0.481 e. The number of carbonyl (C=O) groups is 2. The average molecular weight is 270 g/mol. The molecule has 1 saturated heterocycles. The molecule has 1 amide bonds. The van der Waals surface area contributed by atoms with E-state index in [-0.39, 0.29) is 31.1 Å². The van der Waals surface area contributed by atoms with Gasteiger partial charge < -0.3 is 20.1 Å². The van der Waals surface area contributed by atoms with Gasteiger partial charge in [-0.1, -0.05) is 0 Å². The molecule has 1 aliphatic heterocycles. The van der Waals surface area contributed by atoms with Crippen LogP contribution in [0.15, 0.2) is 0 Å². The summed E-state index contributed by atoms with van der Waals surface area (Å²) in [5.41, 5.74) is 0. The number of nitrogens with zero attached hydrogens (tertiary/aromatic N) is 1. The molecule has 0 atom stereocenters. The van der Waals surface area contributed by atoms with E-state index in [1.165, 1.54) is 0 Å². The Morgan fingerprint density at radius 3 is 2.47 bits per heavy atom. The summed E-state index contributed by atoms with van der Waals surface area (Å²) >= 11 is 0. The molecular formula is C13H22N2O4. The van der Waals surface area contributed by atoms with Crippen LogP contribution in [0, 0.1) is 0 Å². The standard InChI is InChI=1S/C13H22N2O4/c16-12(9-19-11-3-6-14-7-4-11)15(10-1-2-10)8-5-13(17)18/h10-11,14H,1-9H2,(H,17,18). The van der Waals surface area contributed by atoms with Crippen molar-refractivity contribution in [1.29, 1.82) is 0 Å². The number of hydrogen-bond acceptors (Lipinski definition) is 4. The van der Waals surface area contributed by atoms with Crippen molar-refractivity contribution in [3.05, 3.63) is 0 Å². The predicted octanol–water partition coefficient (Wildman–Crippen LogP) is 0.221. The third-order valence-corrected chi connectivity index (χ3v) is 3.60. The number of ether oxygens (including phenoxy) is 1. The third kappa shape index (κ3) is 4.80. The molecule has 0 aromatic rings. The zero-order valence-electron chi connectivity index (χ0n) is 11.1. The monoisotopic (exact) mass is 270 g/mol. The Labute approximate surface area is 113 Å². The average Bonchev–Trinajstić information content (AvgIpc) is 3.22. The van der Waals surface area contributed by atoms with E-state index in [1.807, 2.05) is 0 Å². The molecule has 2 fully saturated rings. The van der Waals surface area contributed by atoms with Gasteiger partial charge in [-0.25, -0.2) is 0 Å². The molecule has 0 aromatic heterocycles. The lowest BCUT2D eigenvalue weighted by atomic mass is 10.1. The highest BCUT2D eigenvalue weighted by molar-refractivity contribution is 5.78. The summed E-state index contributed by atoms with van der Waals surface area (Å²) in [5.74, 6) is -0.931. The number of piperidine rings is 1. The molecule has 2 aliphatic rings. The fraction of sp³-hybridized carbons (Fsp3) is 0.846. The lowest BCUT2D eigenvalue weighted by Gasteiger charge is -2.25. The maximum absolute atomic E-state index is 12.1. The minimum Gasteiger partial charge on any atom is -0.481 e. The molecule has 0 bridgehead atoms. The molecule has 0 radical (unpaired) electrons. The van der Waals surface area contributed by atoms with Gasteiger partial charge in [-0.2, -0.15) is 0 Å². The van der Waals surface area contributed by atoms with E-state index < -0.39 is 5.97 Å². The number of carbonyl (C=O) groups excluding carboxylic acids is 1. The van der Waals surface area contributed by atoms with Crippen molar-refractivity contribution in [3.63, 3.8) is 0 Å². The van der Waals surface area contributed by atoms with Crippen molar-refractivity contribution in [3.8, 4) is 0 Å². The van der Waals surface area contributed by atoms with Crippen molar-refractivity contribution >= 4 is 11.9 Å². The van der Waals surface area contributed by atoms with Crippen molar-refractivity contribution in [1.82, 2.24) is 10.2 Å². The van der Waals surface area contributed by atoms with E-state index >= 15 is 0 Å². The fourth-order valence-electron chi connectivity index (χ4n) is 2.35. The van der Waals surface area contributed by atoms with Gasteiger partial charge >= 0.3 is 5.97 Å². The Morgan fingerprint density at radius 1 is 1.21 bits per heavy atom. The van der Waals surface area contributed by atoms with Gasteiger partial charge in [0.2, 0.25) is 5.91 Å². The van der Waals surface area contributed by atoms with E-state index in [1.54, 1.807) is 4.90 Å². The summed E-state index contributed by atoms with van der Waals surface area (Å²) in [5, 5.41) is 11.9.